The van der Waals surface area contributed by atoms with Gasteiger partial charge in [-0.2, -0.15) is 0 Å². The minimum absolute atomic E-state index is 0.189. The SMILES string of the molecule is COC(=O)C1([C@H]2NC(=O)[C@@H]2NC(=O)COc2ccccc2)CC1. The summed E-state index contributed by atoms with van der Waals surface area (Å²) in [4.78, 5) is 35.6. The molecule has 2 atom stereocenters. The average molecular weight is 318 g/mol. The summed E-state index contributed by atoms with van der Waals surface area (Å²) in [6, 6.07) is 7.79. The fraction of sp³-hybridized carbons (Fsp3) is 0.438. The van der Waals surface area contributed by atoms with Gasteiger partial charge >= 0.3 is 5.97 Å². The van der Waals surface area contributed by atoms with Crippen molar-refractivity contribution < 1.29 is 23.9 Å². The standard InChI is InChI=1S/C16H18N2O5/c1-22-15(21)16(7-8-16)13-12(14(20)18-13)17-11(19)9-23-10-5-3-2-4-6-10/h2-6,12-13H,7-9H2,1H3,(H,17,19)(H,18,20)/t12-,13+/m1/s1. The predicted molar refractivity (Wildman–Crippen MR) is 79.5 cm³/mol. The molecule has 0 spiro atoms. The summed E-state index contributed by atoms with van der Waals surface area (Å²) in [6.07, 6.45) is 1.30. The van der Waals surface area contributed by atoms with Gasteiger partial charge in [-0.1, -0.05) is 18.2 Å². The molecule has 122 valence electrons. The van der Waals surface area contributed by atoms with E-state index in [0.717, 1.165) is 0 Å². The van der Waals surface area contributed by atoms with Crippen molar-refractivity contribution >= 4 is 17.8 Å². The number of nitrogens with one attached hydrogen (secondary N) is 2. The summed E-state index contributed by atoms with van der Waals surface area (Å²) >= 11 is 0. The first-order valence-electron chi connectivity index (χ1n) is 7.43. The largest absolute Gasteiger partial charge is 0.484 e. The van der Waals surface area contributed by atoms with Crippen molar-refractivity contribution in [2.24, 2.45) is 5.41 Å². The average Bonchev–Trinajstić information content (AvgIpc) is 3.37. The van der Waals surface area contributed by atoms with Gasteiger partial charge in [-0.25, -0.2) is 0 Å². The zero-order chi connectivity index (χ0) is 16.4. The highest BCUT2D eigenvalue weighted by atomic mass is 16.5. The van der Waals surface area contributed by atoms with Crippen LogP contribution < -0.4 is 15.4 Å². The van der Waals surface area contributed by atoms with Crippen molar-refractivity contribution in [1.82, 2.24) is 10.6 Å². The Bertz CT molecular complexity index is 627. The number of carbonyl (C=O) groups excluding carboxylic acids is 3. The Morgan fingerprint density at radius 2 is 2.00 bits per heavy atom. The number of hydrogen-bond acceptors (Lipinski definition) is 5. The summed E-state index contributed by atoms with van der Waals surface area (Å²) in [5.74, 6) is -0.467. The van der Waals surface area contributed by atoms with Gasteiger partial charge in [0.05, 0.1) is 18.6 Å². The van der Waals surface area contributed by atoms with E-state index in [0.29, 0.717) is 18.6 Å². The van der Waals surface area contributed by atoms with Crippen LogP contribution in [-0.4, -0.2) is 43.6 Å². The molecule has 2 fully saturated rings. The predicted octanol–water partition coefficient (Wildman–Crippen LogP) is 0.00180. The molecule has 0 aromatic heterocycles. The monoisotopic (exact) mass is 318 g/mol. The van der Waals surface area contributed by atoms with Crippen LogP contribution in [0.4, 0.5) is 0 Å². The topological polar surface area (TPSA) is 93.7 Å². The molecule has 2 amide bonds. The van der Waals surface area contributed by atoms with E-state index in [1.807, 2.05) is 6.07 Å². The molecule has 1 aliphatic heterocycles. The number of amides is 2. The number of rotatable bonds is 6. The number of carbonyl (C=O) groups is 3. The van der Waals surface area contributed by atoms with Crippen LogP contribution in [0.1, 0.15) is 12.8 Å². The van der Waals surface area contributed by atoms with E-state index in [1.165, 1.54) is 7.11 Å². The summed E-state index contributed by atoms with van der Waals surface area (Å²) in [6.45, 7) is -0.189. The molecule has 23 heavy (non-hydrogen) atoms. The number of methoxy groups -OCH3 is 1. The number of ether oxygens (including phenoxy) is 2. The molecule has 7 heteroatoms. The van der Waals surface area contributed by atoms with E-state index in [4.69, 9.17) is 9.47 Å². The van der Waals surface area contributed by atoms with E-state index < -0.39 is 23.4 Å². The fourth-order valence-electron chi connectivity index (χ4n) is 2.85. The van der Waals surface area contributed by atoms with Crippen LogP contribution in [0.5, 0.6) is 5.75 Å². The highest BCUT2D eigenvalue weighted by molar-refractivity contribution is 5.96. The van der Waals surface area contributed by atoms with Gasteiger partial charge < -0.3 is 20.1 Å². The number of benzene rings is 1. The lowest BCUT2D eigenvalue weighted by Crippen LogP contribution is -2.73. The maximum absolute atomic E-state index is 12.0. The fourth-order valence-corrected chi connectivity index (χ4v) is 2.85. The van der Waals surface area contributed by atoms with Gasteiger partial charge in [0, 0.05) is 0 Å². The maximum Gasteiger partial charge on any atom is 0.313 e. The molecule has 0 unspecified atom stereocenters. The zero-order valence-electron chi connectivity index (χ0n) is 12.7. The molecule has 1 aliphatic carbocycles. The van der Waals surface area contributed by atoms with Gasteiger partial charge in [-0.15, -0.1) is 0 Å². The van der Waals surface area contributed by atoms with Crippen molar-refractivity contribution in [2.75, 3.05) is 13.7 Å². The maximum atomic E-state index is 12.0. The third-order valence-electron chi connectivity index (χ3n) is 4.32. The van der Waals surface area contributed by atoms with Crippen molar-refractivity contribution in [1.29, 1.82) is 0 Å². The van der Waals surface area contributed by atoms with Crippen molar-refractivity contribution in [2.45, 2.75) is 24.9 Å². The smallest absolute Gasteiger partial charge is 0.313 e. The molecule has 1 aromatic carbocycles. The second-order valence-electron chi connectivity index (χ2n) is 5.78. The van der Waals surface area contributed by atoms with Crippen LogP contribution in [0, 0.1) is 5.41 Å². The van der Waals surface area contributed by atoms with E-state index in [2.05, 4.69) is 10.6 Å². The van der Waals surface area contributed by atoms with Crippen LogP contribution in [0.25, 0.3) is 0 Å². The summed E-state index contributed by atoms with van der Waals surface area (Å²) in [5, 5.41) is 5.32. The normalized spacial score (nSPS) is 24.0. The number of β-lactam (4-membered cyclic amide) rings is 1. The lowest BCUT2D eigenvalue weighted by molar-refractivity contribution is -0.153. The number of esters is 1. The second kappa shape index (κ2) is 5.91. The summed E-state index contributed by atoms with van der Waals surface area (Å²) < 4.78 is 10.1. The highest BCUT2D eigenvalue weighted by Crippen LogP contribution is 2.52. The Labute approximate surface area is 133 Å². The molecule has 1 saturated heterocycles. The van der Waals surface area contributed by atoms with Crippen molar-refractivity contribution in [3.05, 3.63) is 30.3 Å². The minimum Gasteiger partial charge on any atom is -0.484 e. The first-order chi connectivity index (χ1) is 11.1. The Morgan fingerprint density at radius 1 is 1.30 bits per heavy atom. The molecule has 0 bridgehead atoms. The molecule has 2 aliphatic rings. The van der Waals surface area contributed by atoms with E-state index in [-0.39, 0.29) is 18.5 Å². The quantitative estimate of drug-likeness (QED) is 0.569. The van der Waals surface area contributed by atoms with Crippen LogP contribution in [0.2, 0.25) is 0 Å². The summed E-state index contributed by atoms with van der Waals surface area (Å²) in [5.41, 5.74) is -0.694. The molecule has 1 heterocycles. The molecule has 1 aromatic rings. The van der Waals surface area contributed by atoms with Gasteiger partial charge in [0.25, 0.3) is 5.91 Å². The van der Waals surface area contributed by atoms with E-state index in [9.17, 15) is 14.4 Å². The van der Waals surface area contributed by atoms with Crippen LogP contribution in [0.3, 0.4) is 0 Å². The summed E-state index contributed by atoms with van der Waals surface area (Å²) in [7, 11) is 1.32. The molecule has 0 radical (unpaired) electrons. The first-order valence-corrected chi connectivity index (χ1v) is 7.43. The number of hydrogen-bond donors (Lipinski definition) is 2. The second-order valence-corrected chi connectivity index (χ2v) is 5.78. The Hall–Kier alpha value is -2.57. The van der Waals surface area contributed by atoms with Crippen molar-refractivity contribution in [3.8, 4) is 5.75 Å². The zero-order valence-corrected chi connectivity index (χ0v) is 12.7. The van der Waals surface area contributed by atoms with Crippen LogP contribution >= 0.6 is 0 Å². The molecule has 7 nitrogen and oxygen atoms in total. The molecule has 1 saturated carbocycles. The van der Waals surface area contributed by atoms with Gasteiger partial charge in [0.1, 0.15) is 11.8 Å². The van der Waals surface area contributed by atoms with Gasteiger partial charge in [-0.05, 0) is 25.0 Å². The lowest BCUT2D eigenvalue weighted by atomic mass is 9.83. The third-order valence-corrected chi connectivity index (χ3v) is 4.32. The lowest BCUT2D eigenvalue weighted by Gasteiger charge is -2.41. The van der Waals surface area contributed by atoms with E-state index >= 15 is 0 Å². The Kier molecular flexibility index (Phi) is 3.94. The molecular weight excluding hydrogens is 300 g/mol. The van der Waals surface area contributed by atoms with Crippen LogP contribution in [-0.2, 0) is 19.1 Å². The Morgan fingerprint density at radius 3 is 2.57 bits per heavy atom. The molecular formula is C16H18N2O5. The van der Waals surface area contributed by atoms with Gasteiger partial charge in [0.2, 0.25) is 5.91 Å². The molecule has 3 rings (SSSR count). The van der Waals surface area contributed by atoms with Gasteiger partial charge in [-0.3, -0.25) is 14.4 Å². The number of para-hydroxylation sites is 1. The van der Waals surface area contributed by atoms with Gasteiger partial charge in [0.15, 0.2) is 6.61 Å². The Balaban J connectivity index is 1.55. The van der Waals surface area contributed by atoms with Crippen molar-refractivity contribution in [3.63, 3.8) is 0 Å². The minimum atomic E-state index is -0.719. The van der Waals surface area contributed by atoms with Crippen LogP contribution in [0.15, 0.2) is 30.3 Å². The highest BCUT2D eigenvalue weighted by Gasteiger charge is 2.64. The van der Waals surface area contributed by atoms with E-state index in [1.54, 1.807) is 24.3 Å². The third kappa shape index (κ3) is 2.86. The molecule has 2 N–H and O–H groups in total. The first kappa shape index (κ1) is 15.3.